The molecule has 7 heteroatoms. The molecule has 4 N–H and O–H groups in total. The lowest BCUT2D eigenvalue weighted by Crippen LogP contribution is -2.60. The van der Waals surface area contributed by atoms with Gasteiger partial charge in [-0.15, -0.1) is 0 Å². The first-order chi connectivity index (χ1) is 9.58. The highest BCUT2D eigenvalue weighted by Crippen LogP contribution is 2.25. The number of carbonyl (C=O) groups is 1. The molecule has 20 heavy (non-hydrogen) atoms. The van der Waals surface area contributed by atoms with Gasteiger partial charge in [-0.05, 0) is 12.1 Å². The van der Waals surface area contributed by atoms with E-state index in [2.05, 4.69) is 0 Å². The third kappa shape index (κ3) is 2.82. The Kier molecular flexibility index (Phi) is 4.69. The number of hydrogen-bond acceptors (Lipinski definition) is 7. The number of aliphatic hydroxyl groups is 4. The van der Waals surface area contributed by atoms with Crippen molar-refractivity contribution in [1.82, 2.24) is 0 Å². The van der Waals surface area contributed by atoms with Crippen molar-refractivity contribution in [2.24, 2.45) is 0 Å². The van der Waals surface area contributed by atoms with Crippen LogP contribution in [0, 0.1) is 0 Å². The highest BCUT2D eigenvalue weighted by atomic mass is 16.7. The molecule has 0 radical (unpaired) electrons. The van der Waals surface area contributed by atoms with Gasteiger partial charge in [0.25, 0.3) is 0 Å². The zero-order valence-electron chi connectivity index (χ0n) is 10.5. The van der Waals surface area contributed by atoms with Gasteiger partial charge in [0, 0.05) is 0 Å². The van der Waals surface area contributed by atoms with Crippen LogP contribution in [0.4, 0.5) is 0 Å². The molecule has 0 aliphatic carbocycles. The van der Waals surface area contributed by atoms with Crippen LogP contribution in [-0.2, 0) is 4.74 Å². The fraction of sp³-hybridized carbons (Fsp3) is 0.462. The van der Waals surface area contributed by atoms with Gasteiger partial charge >= 0.3 is 0 Å². The van der Waals surface area contributed by atoms with Gasteiger partial charge in [-0.25, -0.2) is 0 Å². The summed E-state index contributed by atoms with van der Waals surface area (Å²) in [7, 11) is 0. The summed E-state index contributed by atoms with van der Waals surface area (Å²) in [5, 5.41) is 38.1. The molecule has 110 valence electrons. The second-order valence-electron chi connectivity index (χ2n) is 4.47. The Morgan fingerprint density at radius 1 is 1.15 bits per heavy atom. The van der Waals surface area contributed by atoms with E-state index in [1.165, 1.54) is 12.1 Å². The van der Waals surface area contributed by atoms with Crippen LogP contribution in [0.5, 0.6) is 5.75 Å². The lowest BCUT2D eigenvalue weighted by Gasteiger charge is -2.39. The first-order valence-electron chi connectivity index (χ1n) is 6.10. The van der Waals surface area contributed by atoms with Crippen molar-refractivity contribution in [2.45, 2.75) is 30.7 Å². The molecular weight excluding hydrogens is 268 g/mol. The van der Waals surface area contributed by atoms with Crippen LogP contribution in [0.2, 0.25) is 0 Å². The summed E-state index contributed by atoms with van der Waals surface area (Å²) in [6.07, 6.45) is -6.24. The standard InChI is InChI=1S/C13H16O7/c14-5-7-3-1-2-4-8(7)19-13-12(18)11(17)10(16)9(6-15)20-13/h1-5,9-13,15-18H,6H2/t9-,10-,11+,12-,13+/m0/s1. The largest absolute Gasteiger partial charge is 0.461 e. The predicted molar refractivity (Wildman–Crippen MR) is 66.2 cm³/mol. The molecule has 1 aliphatic heterocycles. The molecule has 1 aromatic rings. The Bertz CT molecular complexity index is 462. The number of hydrogen-bond donors (Lipinski definition) is 4. The summed E-state index contributed by atoms with van der Waals surface area (Å²) >= 11 is 0. The lowest BCUT2D eigenvalue weighted by atomic mass is 9.99. The maximum atomic E-state index is 10.9. The number of aliphatic hydroxyl groups excluding tert-OH is 4. The molecule has 7 nitrogen and oxygen atoms in total. The van der Waals surface area contributed by atoms with E-state index < -0.39 is 37.3 Å². The van der Waals surface area contributed by atoms with Crippen molar-refractivity contribution >= 4 is 6.29 Å². The third-order valence-electron chi connectivity index (χ3n) is 3.14. The van der Waals surface area contributed by atoms with Gasteiger partial charge in [-0.1, -0.05) is 12.1 Å². The number of benzene rings is 1. The van der Waals surface area contributed by atoms with Crippen molar-refractivity contribution in [2.75, 3.05) is 6.61 Å². The fourth-order valence-corrected chi connectivity index (χ4v) is 1.98. The van der Waals surface area contributed by atoms with E-state index in [0.29, 0.717) is 6.29 Å². The molecule has 2 rings (SSSR count). The van der Waals surface area contributed by atoms with Crippen LogP contribution in [-0.4, -0.2) is 64.0 Å². The molecule has 1 aliphatic rings. The van der Waals surface area contributed by atoms with Crippen molar-refractivity contribution in [3.8, 4) is 5.75 Å². The van der Waals surface area contributed by atoms with E-state index in [1.54, 1.807) is 12.1 Å². The summed E-state index contributed by atoms with van der Waals surface area (Å²) in [6.45, 7) is -0.542. The number of aldehydes is 1. The van der Waals surface area contributed by atoms with Crippen molar-refractivity contribution in [1.29, 1.82) is 0 Å². The van der Waals surface area contributed by atoms with Crippen molar-refractivity contribution < 1.29 is 34.7 Å². The molecule has 0 bridgehead atoms. The summed E-state index contributed by atoms with van der Waals surface area (Å²) in [6, 6.07) is 6.30. The minimum absolute atomic E-state index is 0.173. The number of rotatable bonds is 4. The number of para-hydroxylation sites is 1. The Morgan fingerprint density at radius 3 is 2.50 bits per heavy atom. The van der Waals surface area contributed by atoms with E-state index in [0.717, 1.165) is 0 Å². The number of carbonyl (C=O) groups excluding carboxylic acids is 1. The zero-order chi connectivity index (χ0) is 14.7. The van der Waals surface area contributed by atoms with Crippen LogP contribution in [0.15, 0.2) is 24.3 Å². The molecule has 0 amide bonds. The first kappa shape index (κ1) is 14.9. The summed E-state index contributed by atoms with van der Waals surface area (Å²) < 4.78 is 10.5. The summed E-state index contributed by atoms with van der Waals surface area (Å²) in [4.78, 5) is 10.9. The number of ether oxygens (including phenoxy) is 2. The Morgan fingerprint density at radius 2 is 1.85 bits per heavy atom. The third-order valence-corrected chi connectivity index (χ3v) is 3.14. The average molecular weight is 284 g/mol. The monoisotopic (exact) mass is 284 g/mol. The SMILES string of the molecule is O=Cc1ccccc1O[C@@H]1O[C@@H](CO)[C@H](O)[C@@H](O)[C@@H]1O. The maximum absolute atomic E-state index is 10.9. The van der Waals surface area contributed by atoms with Gasteiger partial charge in [-0.2, -0.15) is 0 Å². The molecule has 0 spiro atoms. The van der Waals surface area contributed by atoms with Gasteiger partial charge in [0.15, 0.2) is 6.29 Å². The van der Waals surface area contributed by atoms with Crippen LogP contribution < -0.4 is 4.74 Å². The molecule has 1 fully saturated rings. The fourth-order valence-electron chi connectivity index (χ4n) is 1.98. The molecule has 1 heterocycles. The van der Waals surface area contributed by atoms with Gasteiger partial charge < -0.3 is 29.9 Å². The summed E-state index contributed by atoms with van der Waals surface area (Å²) in [5.41, 5.74) is 0.254. The van der Waals surface area contributed by atoms with Crippen molar-refractivity contribution in [3.05, 3.63) is 29.8 Å². The quantitative estimate of drug-likeness (QED) is 0.507. The summed E-state index contributed by atoms with van der Waals surface area (Å²) in [5.74, 6) is 0.173. The second kappa shape index (κ2) is 6.29. The Balaban J connectivity index is 2.17. The molecular formula is C13H16O7. The van der Waals surface area contributed by atoms with Crippen molar-refractivity contribution in [3.63, 3.8) is 0 Å². The normalized spacial score (nSPS) is 33.7. The van der Waals surface area contributed by atoms with Crippen LogP contribution in [0.25, 0.3) is 0 Å². The van der Waals surface area contributed by atoms with Gasteiger partial charge in [-0.3, -0.25) is 4.79 Å². The van der Waals surface area contributed by atoms with Crippen LogP contribution in [0.1, 0.15) is 10.4 Å². The second-order valence-corrected chi connectivity index (χ2v) is 4.47. The smallest absolute Gasteiger partial charge is 0.229 e. The van der Waals surface area contributed by atoms with Crippen LogP contribution in [0.3, 0.4) is 0 Å². The predicted octanol–water partition coefficient (Wildman–Crippen LogP) is -1.32. The maximum Gasteiger partial charge on any atom is 0.229 e. The molecule has 0 aromatic heterocycles. The lowest BCUT2D eigenvalue weighted by molar-refractivity contribution is -0.277. The molecule has 5 atom stereocenters. The Hall–Kier alpha value is -1.51. The minimum Gasteiger partial charge on any atom is -0.461 e. The van der Waals surface area contributed by atoms with E-state index in [1.807, 2.05) is 0 Å². The zero-order valence-corrected chi connectivity index (χ0v) is 10.5. The van der Waals surface area contributed by atoms with Gasteiger partial charge in [0.2, 0.25) is 6.29 Å². The molecule has 1 saturated heterocycles. The topological polar surface area (TPSA) is 116 Å². The molecule has 0 unspecified atom stereocenters. The van der Waals surface area contributed by atoms with Crippen LogP contribution >= 0.6 is 0 Å². The Labute approximate surface area is 115 Å². The first-order valence-corrected chi connectivity index (χ1v) is 6.10. The van der Waals surface area contributed by atoms with E-state index in [4.69, 9.17) is 14.6 Å². The van der Waals surface area contributed by atoms with Gasteiger partial charge in [0.1, 0.15) is 30.2 Å². The van der Waals surface area contributed by atoms with Gasteiger partial charge in [0.05, 0.1) is 12.2 Å². The highest BCUT2D eigenvalue weighted by Gasteiger charge is 2.44. The highest BCUT2D eigenvalue weighted by molar-refractivity contribution is 5.79. The van der Waals surface area contributed by atoms with E-state index in [-0.39, 0.29) is 11.3 Å². The average Bonchev–Trinajstić information content (AvgIpc) is 2.48. The molecule has 0 saturated carbocycles. The minimum atomic E-state index is -1.52. The van der Waals surface area contributed by atoms with E-state index >= 15 is 0 Å². The molecule has 1 aromatic carbocycles. The van der Waals surface area contributed by atoms with E-state index in [9.17, 15) is 20.1 Å².